The number of rotatable bonds is 7. The number of benzene rings is 2. The molecule has 0 aliphatic carbocycles. The second-order valence-electron chi connectivity index (χ2n) is 6.26. The monoisotopic (exact) mass is 416 g/mol. The van der Waals surface area contributed by atoms with E-state index in [1.54, 1.807) is 18.2 Å². The molecule has 1 amide bonds. The van der Waals surface area contributed by atoms with Gasteiger partial charge in [-0.05, 0) is 43.2 Å². The summed E-state index contributed by atoms with van der Waals surface area (Å²) in [5.74, 6) is -0.131. The Morgan fingerprint density at radius 1 is 1.31 bits per heavy atom. The fourth-order valence-corrected chi connectivity index (χ4v) is 2.93. The van der Waals surface area contributed by atoms with Gasteiger partial charge < -0.3 is 14.8 Å². The summed E-state index contributed by atoms with van der Waals surface area (Å²) in [4.78, 5) is 24.9. The van der Waals surface area contributed by atoms with E-state index >= 15 is 0 Å². The minimum atomic E-state index is -0.558. The van der Waals surface area contributed by atoms with Crippen molar-refractivity contribution >= 4 is 39.8 Å². The number of nitro groups is 1. The first-order chi connectivity index (χ1) is 13.8. The maximum Gasteiger partial charge on any atom is 0.270 e. The summed E-state index contributed by atoms with van der Waals surface area (Å²) in [5, 5.41) is 29.1. The molecule has 0 spiro atoms. The molecule has 29 heavy (non-hydrogen) atoms. The van der Waals surface area contributed by atoms with Gasteiger partial charge in [-0.15, -0.1) is 10.2 Å². The third kappa shape index (κ3) is 4.88. The molecule has 10 heteroatoms. The van der Waals surface area contributed by atoms with Crippen LogP contribution in [0.3, 0.4) is 0 Å². The minimum absolute atomic E-state index is 0.0231. The predicted octanol–water partition coefficient (Wildman–Crippen LogP) is 5.21. The number of carbonyl (C=O) groups is 1. The van der Waals surface area contributed by atoms with Crippen molar-refractivity contribution in [2.45, 2.75) is 19.8 Å². The second kappa shape index (κ2) is 8.70. The van der Waals surface area contributed by atoms with E-state index < -0.39 is 10.8 Å². The van der Waals surface area contributed by atoms with E-state index in [0.717, 1.165) is 5.56 Å². The summed E-state index contributed by atoms with van der Waals surface area (Å²) in [5.41, 5.74) is 1.16. The molecule has 2 N–H and O–H groups in total. The van der Waals surface area contributed by atoms with Gasteiger partial charge in [-0.1, -0.05) is 11.6 Å². The third-order valence-electron chi connectivity index (χ3n) is 4.14. The number of amides is 1. The third-order valence-corrected chi connectivity index (χ3v) is 4.37. The van der Waals surface area contributed by atoms with Gasteiger partial charge in [0.05, 0.1) is 17.0 Å². The predicted molar refractivity (Wildman–Crippen MR) is 107 cm³/mol. The lowest BCUT2D eigenvalue weighted by molar-refractivity contribution is -0.384. The molecule has 3 aromatic rings. The number of carbonyl (C=O) groups excluding carboxylic acids is 1. The lowest BCUT2D eigenvalue weighted by Crippen LogP contribution is -2.02. The van der Waals surface area contributed by atoms with Gasteiger partial charge in [-0.3, -0.25) is 14.9 Å². The number of ether oxygens (including phenoxy) is 1. The number of H-pyrrole nitrogens is 1. The Labute approximate surface area is 170 Å². The zero-order valence-corrected chi connectivity index (χ0v) is 16.1. The summed E-state index contributed by atoms with van der Waals surface area (Å²) in [6.07, 6.45) is 0.519. The molecule has 0 aliphatic rings. The van der Waals surface area contributed by atoms with E-state index in [4.69, 9.17) is 16.3 Å². The minimum Gasteiger partial charge on any atom is -0.493 e. The Hall–Kier alpha value is -3.46. The fraction of sp³-hybridized carbons (Fsp3) is 0.211. The van der Waals surface area contributed by atoms with Crippen LogP contribution >= 0.6 is 11.6 Å². The van der Waals surface area contributed by atoms with Gasteiger partial charge in [-0.25, -0.2) is 0 Å². The van der Waals surface area contributed by atoms with Crippen LogP contribution in [0.4, 0.5) is 11.4 Å². The van der Waals surface area contributed by atoms with Crippen molar-refractivity contribution in [1.82, 2.24) is 4.98 Å². The Morgan fingerprint density at radius 2 is 2.10 bits per heavy atom. The van der Waals surface area contributed by atoms with Crippen molar-refractivity contribution in [1.29, 1.82) is 0 Å². The SMILES string of the molecule is Cc1cc(Cl)ccc1OCCCC(=O)N=Nc1c(O)[nH]c2ccc([N+](=O)[O-])cc12. The zero-order valence-electron chi connectivity index (χ0n) is 15.4. The van der Waals surface area contributed by atoms with Crippen molar-refractivity contribution in [2.75, 3.05) is 6.61 Å². The van der Waals surface area contributed by atoms with Crippen LogP contribution in [0.2, 0.25) is 5.02 Å². The van der Waals surface area contributed by atoms with Gasteiger partial charge in [-0.2, -0.15) is 0 Å². The van der Waals surface area contributed by atoms with Gasteiger partial charge in [0, 0.05) is 29.0 Å². The summed E-state index contributed by atoms with van der Waals surface area (Å²) < 4.78 is 5.61. The quantitative estimate of drug-likeness (QED) is 0.236. The highest BCUT2D eigenvalue weighted by atomic mass is 35.5. The Balaban J connectivity index is 1.59. The molecule has 1 aromatic heterocycles. The van der Waals surface area contributed by atoms with Gasteiger partial charge in [0.1, 0.15) is 5.75 Å². The molecule has 2 aromatic carbocycles. The highest BCUT2D eigenvalue weighted by molar-refractivity contribution is 6.30. The number of aromatic hydroxyl groups is 1. The van der Waals surface area contributed by atoms with Crippen LogP contribution in [-0.2, 0) is 4.79 Å². The molecule has 3 rings (SSSR count). The largest absolute Gasteiger partial charge is 0.493 e. The first-order valence-electron chi connectivity index (χ1n) is 8.68. The standard InChI is InChI=1S/C19H17ClN4O5/c1-11-9-12(20)4-7-16(11)29-8-2-3-17(25)22-23-18-14-10-13(24(27)28)5-6-15(14)21-19(18)26/h4-7,9-10,21,26H,2-3,8H2,1H3. The lowest BCUT2D eigenvalue weighted by atomic mass is 10.2. The molecule has 0 saturated carbocycles. The maximum absolute atomic E-state index is 12.0. The molecule has 0 fully saturated rings. The number of aromatic nitrogens is 1. The van der Waals surface area contributed by atoms with Crippen LogP contribution in [0.1, 0.15) is 18.4 Å². The zero-order chi connectivity index (χ0) is 21.0. The molecule has 0 unspecified atom stereocenters. The van der Waals surface area contributed by atoms with Crippen LogP contribution in [-0.4, -0.2) is 27.5 Å². The number of halogens is 1. The molecule has 1 heterocycles. The second-order valence-corrected chi connectivity index (χ2v) is 6.70. The van der Waals surface area contributed by atoms with Gasteiger partial charge in [0.25, 0.3) is 11.6 Å². The van der Waals surface area contributed by atoms with Crippen molar-refractivity contribution in [3.63, 3.8) is 0 Å². The van der Waals surface area contributed by atoms with E-state index in [2.05, 4.69) is 15.2 Å². The number of nitro benzene ring substituents is 1. The van der Waals surface area contributed by atoms with E-state index in [1.807, 2.05) is 6.92 Å². The Bertz CT molecular complexity index is 1110. The van der Waals surface area contributed by atoms with Gasteiger partial charge in [0.2, 0.25) is 5.88 Å². The highest BCUT2D eigenvalue weighted by Gasteiger charge is 2.15. The molecule has 0 radical (unpaired) electrons. The number of nitrogens with one attached hydrogen (secondary N) is 1. The fourth-order valence-electron chi connectivity index (χ4n) is 2.70. The lowest BCUT2D eigenvalue weighted by Gasteiger charge is -2.08. The van der Waals surface area contributed by atoms with Crippen LogP contribution < -0.4 is 4.74 Å². The first-order valence-corrected chi connectivity index (χ1v) is 9.05. The normalized spacial score (nSPS) is 11.2. The number of fused-ring (bicyclic) bond motifs is 1. The molecular weight excluding hydrogens is 400 g/mol. The number of azo groups is 1. The molecule has 0 aliphatic heterocycles. The van der Waals surface area contributed by atoms with Gasteiger partial charge in [0.15, 0.2) is 5.69 Å². The highest BCUT2D eigenvalue weighted by Crippen LogP contribution is 2.37. The van der Waals surface area contributed by atoms with E-state index in [1.165, 1.54) is 18.2 Å². The maximum atomic E-state index is 12.0. The molecule has 0 saturated heterocycles. The van der Waals surface area contributed by atoms with Crippen molar-refractivity contribution in [3.05, 3.63) is 57.1 Å². The summed E-state index contributed by atoms with van der Waals surface area (Å²) in [6.45, 7) is 2.19. The molecule has 150 valence electrons. The average Bonchev–Trinajstić information content (AvgIpc) is 2.99. The van der Waals surface area contributed by atoms with E-state index in [0.29, 0.717) is 34.7 Å². The van der Waals surface area contributed by atoms with Crippen molar-refractivity contribution < 1.29 is 19.6 Å². The number of nitrogens with zero attached hydrogens (tertiary/aromatic N) is 3. The smallest absolute Gasteiger partial charge is 0.270 e. The number of aromatic amines is 1. The topological polar surface area (TPSA) is 130 Å². The van der Waals surface area contributed by atoms with E-state index in [-0.39, 0.29) is 23.7 Å². The van der Waals surface area contributed by atoms with Crippen LogP contribution in [0.25, 0.3) is 10.9 Å². The summed E-state index contributed by atoms with van der Waals surface area (Å²) in [6, 6.07) is 9.28. The summed E-state index contributed by atoms with van der Waals surface area (Å²) >= 11 is 5.89. The van der Waals surface area contributed by atoms with Crippen LogP contribution in [0.5, 0.6) is 11.6 Å². The van der Waals surface area contributed by atoms with Crippen LogP contribution in [0, 0.1) is 17.0 Å². The molecular formula is C19H17ClN4O5. The Morgan fingerprint density at radius 3 is 2.83 bits per heavy atom. The Kier molecular flexibility index (Phi) is 6.08. The summed E-state index contributed by atoms with van der Waals surface area (Å²) in [7, 11) is 0. The van der Waals surface area contributed by atoms with Gasteiger partial charge >= 0.3 is 0 Å². The number of non-ortho nitro benzene ring substituents is 1. The number of aryl methyl sites for hydroxylation is 1. The molecule has 9 nitrogen and oxygen atoms in total. The van der Waals surface area contributed by atoms with E-state index in [9.17, 15) is 20.0 Å². The molecule has 0 bridgehead atoms. The number of hydrogen-bond donors (Lipinski definition) is 2. The average molecular weight is 417 g/mol. The van der Waals surface area contributed by atoms with Crippen molar-refractivity contribution in [2.24, 2.45) is 10.2 Å². The first kappa shape index (κ1) is 20.3. The molecule has 0 atom stereocenters. The van der Waals surface area contributed by atoms with Crippen molar-refractivity contribution in [3.8, 4) is 11.6 Å². The van der Waals surface area contributed by atoms with Crippen LogP contribution in [0.15, 0.2) is 46.6 Å². The number of hydrogen-bond acceptors (Lipinski definition) is 6.